The molecule has 1 N–H and O–H groups in total. The van der Waals surface area contributed by atoms with Gasteiger partial charge in [-0.15, -0.1) is 0 Å². The minimum absolute atomic E-state index is 0.644. The minimum Gasteiger partial charge on any atom is -0.354 e. The molecule has 3 aliphatic rings. The van der Waals surface area contributed by atoms with Crippen LogP contribution in [0, 0.1) is 5.92 Å². The van der Waals surface area contributed by atoms with Gasteiger partial charge < -0.3 is 5.32 Å². The molecule has 0 aliphatic carbocycles. The Balaban J connectivity index is 1.37. The van der Waals surface area contributed by atoms with Gasteiger partial charge in [0.1, 0.15) is 0 Å². The van der Waals surface area contributed by atoms with E-state index in [-0.39, 0.29) is 0 Å². The first-order valence-electron chi connectivity index (χ1n) is 10.3. The van der Waals surface area contributed by atoms with Crippen LogP contribution >= 0.6 is 0 Å². The summed E-state index contributed by atoms with van der Waals surface area (Å²) < 4.78 is 0. The molecule has 0 unspecified atom stereocenters. The lowest BCUT2D eigenvalue weighted by molar-refractivity contribution is 0.123. The predicted octanol–water partition coefficient (Wildman–Crippen LogP) is 3.39. The average molecular weight is 366 g/mol. The number of anilines is 1. The molecule has 27 heavy (non-hydrogen) atoms. The molecule has 0 spiro atoms. The molecule has 144 valence electrons. The van der Waals surface area contributed by atoms with E-state index in [1.54, 1.807) is 0 Å². The van der Waals surface area contributed by atoms with Gasteiger partial charge in [-0.25, -0.2) is 9.97 Å². The molecule has 3 saturated heterocycles. The van der Waals surface area contributed by atoms with Crippen LogP contribution in [0.25, 0.3) is 0 Å². The molecule has 5 rings (SSSR count). The van der Waals surface area contributed by atoms with Gasteiger partial charge in [0.2, 0.25) is 5.95 Å². The monoisotopic (exact) mass is 365 g/mol. The molecular weight excluding hydrogens is 334 g/mol. The summed E-state index contributed by atoms with van der Waals surface area (Å²) in [5.74, 6) is 1.52. The Morgan fingerprint density at radius 2 is 1.78 bits per heavy atom. The summed E-state index contributed by atoms with van der Waals surface area (Å²) in [5.41, 5.74) is 2.65. The van der Waals surface area contributed by atoms with E-state index in [1.807, 2.05) is 12.4 Å². The Bertz CT molecular complexity index is 702. The highest BCUT2D eigenvalue weighted by Gasteiger charge is 2.34. The van der Waals surface area contributed by atoms with E-state index < -0.39 is 0 Å². The molecule has 0 saturated carbocycles. The fourth-order valence-corrected chi connectivity index (χ4v) is 4.44. The molecule has 2 bridgehead atoms. The van der Waals surface area contributed by atoms with Crippen molar-refractivity contribution < 1.29 is 0 Å². The fourth-order valence-electron chi connectivity index (χ4n) is 4.44. The van der Waals surface area contributed by atoms with Gasteiger partial charge in [0, 0.05) is 63.3 Å². The fraction of sp³-hybridized carbons (Fsp3) is 0.545. The van der Waals surface area contributed by atoms with Crippen molar-refractivity contribution >= 4 is 5.95 Å². The van der Waals surface area contributed by atoms with Crippen molar-refractivity contribution in [3.05, 3.63) is 53.9 Å². The van der Waals surface area contributed by atoms with Crippen molar-refractivity contribution in [3.8, 4) is 0 Å². The van der Waals surface area contributed by atoms with Gasteiger partial charge in [0.25, 0.3) is 0 Å². The van der Waals surface area contributed by atoms with Gasteiger partial charge in [0.15, 0.2) is 0 Å². The number of benzene rings is 1. The average Bonchev–Trinajstić information content (AvgIpc) is 2.99. The van der Waals surface area contributed by atoms with E-state index in [2.05, 4.69) is 62.3 Å². The summed E-state index contributed by atoms with van der Waals surface area (Å²) in [6.07, 6.45) is 7.74. The largest absolute Gasteiger partial charge is 0.354 e. The number of hydrogen-bond donors (Lipinski definition) is 1. The molecule has 3 fully saturated rings. The third-order valence-corrected chi connectivity index (χ3v) is 5.78. The number of nitrogens with one attached hydrogen (secondary N) is 1. The second-order valence-electron chi connectivity index (χ2n) is 8.05. The van der Waals surface area contributed by atoms with Crippen LogP contribution in [-0.2, 0) is 13.1 Å². The number of rotatable bonds is 7. The Morgan fingerprint density at radius 3 is 2.56 bits per heavy atom. The summed E-state index contributed by atoms with van der Waals surface area (Å²) in [5, 5.41) is 3.25. The quantitative estimate of drug-likeness (QED) is 0.815. The Hall–Kier alpha value is -1.98. The number of hydrogen-bond acceptors (Lipinski definition) is 5. The van der Waals surface area contributed by atoms with Crippen molar-refractivity contribution in [2.24, 2.45) is 5.92 Å². The van der Waals surface area contributed by atoms with E-state index in [9.17, 15) is 0 Å². The van der Waals surface area contributed by atoms with E-state index in [0.717, 1.165) is 37.9 Å². The molecule has 5 heteroatoms. The first-order chi connectivity index (χ1) is 13.3. The van der Waals surface area contributed by atoms with Gasteiger partial charge >= 0.3 is 0 Å². The number of fused-ring (bicyclic) bond motifs is 4. The van der Waals surface area contributed by atoms with Crippen LogP contribution in [0.4, 0.5) is 5.95 Å². The Labute approximate surface area is 162 Å². The number of nitrogens with zero attached hydrogens (tertiary/aromatic N) is 4. The first-order valence-corrected chi connectivity index (χ1v) is 10.3. The third-order valence-electron chi connectivity index (χ3n) is 5.78. The number of aromatic nitrogens is 2. The highest BCUT2D eigenvalue weighted by Crippen LogP contribution is 2.29. The second-order valence-corrected chi connectivity index (χ2v) is 8.05. The lowest BCUT2D eigenvalue weighted by atomic mass is 9.95. The van der Waals surface area contributed by atoms with Crippen LogP contribution in [0.2, 0.25) is 0 Å². The molecule has 0 radical (unpaired) electrons. The maximum absolute atomic E-state index is 4.48. The molecule has 1 aromatic heterocycles. The highest BCUT2D eigenvalue weighted by molar-refractivity contribution is 5.24. The number of piperidine rings is 1. The molecule has 2 aromatic rings. The summed E-state index contributed by atoms with van der Waals surface area (Å²) >= 11 is 0. The zero-order valence-electron chi connectivity index (χ0n) is 16.3. The normalized spacial score (nSPS) is 23.3. The van der Waals surface area contributed by atoms with Crippen LogP contribution < -0.4 is 5.32 Å². The molecular formula is C22H31N5. The smallest absolute Gasteiger partial charge is 0.222 e. The summed E-state index contributed by atoms with van der Waals surface area (Å²) in [6, 6.07) is 11.5. The lowest BCUT2D eigenvalue weighted by Crippen LogP contribution is -2.43. The van der Waals surface area contributed by atoms with Crippen molar-refractivity contribution in [2.45, 2.75) is 45.3 Å². The van der Waals surface area contributed by atoms with Crippen LogP contribution in [0.1, 0.15) is 37.3 Å². The van der Waals surface area contributed by atoms with Gasteiger partial charge in [-0.05, 0) is 30.7 Å². The molecule has 1 aromatic carbocycles. The van der Waals surface area contributed by atoms with Crippen molar-refractivity contribution in [1.82, 2.24) is 19.8 Å². The molecule has 3 aliphatic heterocycles. The molecule has 5 nitrogen and oxygen atoms in total. The molecule has 0 amide bonds. The maximum atomic E-state index is 4.48. The van der Waals surface area contributed by atoms with Crippen molar-refractivity contribution in [3.63, 3.8) is 0 Å². The van der Waals surface area contributed by atoms with E-state index in [4.69, 9.17) is 0 Å². The predicted molar refractivity (Wildman–Crippen MR) is 109 cm³/mol. The standard InChI is InChI=1S/C22H31N5/c1-2-10-23-22-24-11-20(12-25-22)16-27-15-19-8-9-21(27)17-26(14-19)13-18-6-4-3-5-7-18/h3-7,11-12,19,21H,2,8-10,13-17H2,1H3,(H,23,24,25)/t19-,21+/m1/s1. The van der Waals surface area contributed by atoms with Crippen LogP contribution in [0.15, 0.2) is 42.7 Å². The van der Waals surface area contributed by atoms with Crippen molar-refractivity contribution in [1.29, 1.82) is 0 Å². The van der Waals surface area contributed by atoms with Crippen LogP contribution in [-0.4, -0.2) is 52.0 Å². The summed E-state index contributed by atoms with van der Waals surface area (Å²) in [7, 11) is 0. The SMILES string of the molecule is CCCNc1ncc(CN2C[C@@H]3CC[C@H]2CN(Cc2ccccc2)C3)cn1. The van der Waals surface area contributed by atoms with Gasteiger partial charge in [-0.3, -0.25) is 9.80 Å². The Kier molecular flexibility index (Phi) is 6.00. The van der Waals surface area contributed by atoms with Crippen molar-refractivity contribution in [2.75, 3.05) is 31.5 Å². The van der Waals surface area contributed by atoms with E-state index in [1.165, 1.54) is 43.6 Å². The first kappa shape index (κ1) is 18.4. The lowest BCUT2D eigenvalue weighted by Gasteiger charge is -2.36. The minimum atomic E-state index is 0.644. The Morgan fingerprint density at radius 1 is 0.963 bits per heavy atom. The zero-order valence-corrected chi connectivity index (χ0v) is 16.3. The maximum Gasteiger partial charge on any atom is 0.222 e. The summed E-state index contributed by atoms with van der Waals surface area (Å²) in [6.45, 7) is 8.70. The van der Waals surface area contributed by atoms with Crippen LogP contribution in [0.5, 0.6) is 0 Å². The van der Waals surface area contributed by atoms with E-state index >= 15 is 0 Å². The molecule has 2 atom stereocenters. The summed E-state index contributed by atoms with van der Waals surface area (Å²) in [4.78, 5) is 14.3. The second kappa shape index (κ2) is 8.81. The third kappa shape index (κ3) is 4.85. The van der Waals surface area contributed by atoms with Crippen LogP contribution in [0.3, 0.4) is 0 Å². The van der Waals surface area contributed by atoms with Gasteiger partial charge in [0.05, 0.1) is 0 Å². The highest BCUT2D eigenvalue weighted by atomic mass is 15.3. The van der Waals surface area contributed by atoms with E-state index in [0.29, 0.717) is 6.04 Å². The van der Waals surface area contributed by atoms with Gasteiger partial charge in [-0.2, -0.15) is 0 Å². The van der Waals surface area contributed by atoms with Gasteiger partial charge in [-0.1, -0.05) is 37.3 Å². The molecule has 4 heterocycles. The topological polar surface area (TPSA) is 44.3 Å². The zero-order chi connectivity index (χ0) is 18.5.